The Morgan fingerprint density at radius 3 is 1.37 bits per heavy atom. The molecule has 2 heterocycles. The smallest absolute Gasteiger partial charge is 1.00 e. The van der Waals surface area contributed by atoms with Gasteiger partial charge in [-0.1, -0.05) is 0 Å². The summed E-state index contributed by atoms with van der Waals surface area (Å²) >= 11 is -0.421. The van der Waals surface area contributed by atoms with Crippen LogP contribution in [0.5, 0.6) is 0 Å². The van der Waals surface area contributed by atoms with Crippen molar-refractivity contribution in [3.63, 3.8) is 0 Å². The van der Waals surface area contributed by atoms with E-state index in [1.165, 1.54) is 31.2 Å². The molecule has 0 aromatic rings. The molecule has 35 heavy (non-hydrogen) atoms. The maximum absolute atomic E-state index is 2.72. The number of hydrogen-bond acceptors (Lipinski definition) is 0. The van der Waals surface area contributed by atoms with E-state index >= 15 is 0 Å². The van der Waals surface area contributed by atoms with Crippen molar-refractivity contribution in [2.24, 2.45) is 23.7 Å². The Balaban J connectivity index is 0.00000144. The Kier molecular flexibility index (Phi) is 9.84. The molecule has 0 N–H and O–H groups in total. The second-order valence-electron chi connectivity index (χ2n) is 12.9. The molecule has 0 aromatic heterocycles. The zero-order valence-corrected chi connectivity index (χ0v) is 27.9. The van der Waals surface area contributed by atoms with Crippen LogP contribution in [0.1, 0.15) is 52.4 Å². The van der Waals surface area contributed by atoms with Gasteiger partial charge in [-0.25, -0.2) is 0 Å². The van der Waals surface area contributed by atoms with Crippen LogP contribution < -0.4 is 24.8 Å². The number of halogens is 2. The average Bonchev–Trinajstić information content (AvgIpc) is 3.32. The molecule has 0 nitrogen and oxygen atoms in total. The first kappa shape index (κ1) is 28.9. The van der Waals surface area contributed by atoms with Crippen molar-refractivity contribution in [2.75, 3.05) is 0 Å². The minimum atomic E-state index is -1.03. The van der Waals surface area contributed by atoms with Crippen LogP contribution in [0.25, 0.3) is 0 Å². The van der Waals surface area contributed by atoms with E-state index in [4.69, 9.17) is 0 Å². The Morgan fingerprint density at radius 2 is 1.03 bits per heavy atom. The molecule has 8 unspecified atom stereocenters. The molecule has 2 saturated heterocycles. The summed E-state index contributed by atoms with van der Waals surface area (Å²) in [6, 6.07) is 10.1. The zero-order chi connectivity index (χ0) is 22.5. The van der Waals surface area contributed by atoms with Crippen molar-refractivity contribution in [1.82, 2.24) is 0 Å². The summed E-state index contributed by atoms with van der Waals surface area (Å²) in [7, 11) is -2.06. The van der Waals surface area contributed by atoms with Gasteiger partial charge in [-0.05, 0) is 0 Å². The van der Waals surface area contributed by atoms with E-state index in [0.717, 1.165) is 23.7 Å². The molecule has 2 aliphatic heterocycles. The van der Waals surface area contributed by atoms with Crippen LogP contribution in [0.2, 0.25) is 54.6 Å². The summed E-state index contributed by atoms with van der Waals surface area (Å²) < 4.78 is 2.42. The number of rotatable bonds is 8. The van der Waals surface area contributed by atoms with E-state index in [2.05, 4.69) is 62.5 Å². The molecule has 2 saturated carbocycles. The number of allylic oxidation sites excluding steroid dienone is 8. The van der Waals surface area contributed by atoms with Crippen molar-refractivity contribution in [3.05, 3.63) is 48.6 Å². The monoisotopic (exact) mass is 622 g/mol. The molecular weight excluding hydrogens is 579 g/mol. The standard InChI is InChI=1S/2C15H23Si.2ClH.Zr/c2*1-2-10-16(11-5-12-16)15-9-8-13-6-3-4-7-14(13)15;;;/h2*3-4,6-7,9,13-15H,2,5,8,10-12H2,1H3;2*1H;/q;;;;+2/p-2. The van der Waals surface area contributed by atoms with Crippen LogP contribution >= 0.6 is 0 Å². The maximum atomic E-state index is 2.72. The fourth-order valence-corrected chi connectivity index (χ4v) is 33.7. The van der Waals surface area contributed by atoms with Gasteiger partial charge in [0.2, 0.25) is 0 Å². The third-order valence-corrected chi connectivity index (χ3v) is 30.8. The summed E-state index contributed by atoms with van der Waals surface area (Å²) in [6.45, 7) is 5.00. The second-order valence-corrected chi connectivity index (χ2v) is 27.1. The third-order valence-electron chi connectivity index (χ3n) is 11.4. The van der Waals surface area contributed by atoms with Crippen LogP contribution in [0, 0.1) is 23.7 Å². The third kappa shape index (κ3) is 4.99. The largest absolute Gasteiger partial charge is 1.00 e. The fourth-order valence-electron chi connectivity index (χ4n) is 10.0. The van der Waals surface area contributed by atoms with E-state index in [1.807, 2.05) is 0 Å². The molecule has 4 aliphatic carbocycles. The van der Waals surface area contributed by atoms with Gasteiger partial charge in [0.25, 0.3) is 0 Å². The normalized spacial score (nSPS) is 41.0. The first-order valence-electron chi connectivity index (χ1n) is 14.7. The first-order valence-corrected chi connectivity index (χ1v) is 22.9. The number of hydrogen-bond donors (Lipinski definition) is 0. The molecule has 6 aliphatic rings. The average molecular weight is 625 g/mol. The van der Waals surface area contributed by atoms with Crippen molar-refractivity contribution in [3.8, 4) is 0 Å². The van der Waals surface area contributed by atoms with Gasteiger partial charge in [-0.15, -0.1) is 0 Å². The topological polar surface area (TPSA) is 0 Å². The summed E-state index contributed by atoms with van der Waals surface area (Å²) in [5.41, 5.74) is 2.37. The SMILES string of the molecule is CCC[Si]1(C2[CH]([Zr+2][CH]3CC4C=CC=CC4C3[Si]3(CCC)CCC3)CC3C=CC=CC32)CCC1.[Cl-].[Cl-]. The van der Waals surface area contributed by atoms with Crippen molar-refractivity contribution < 1.29 is 48.0 Å². The molecular formula is C30H46Cl2Si2Zr. The molecule has 0 radical (unpaired) electrons. The molecule has 0 bridgehead atoms. The van der Waals surface area contributed by atoms with E-state index < -0.39 is 39.4 Å². The van der Waals surface area contributed by atoms with Gasteiger partial charge < -0.3 is 24.8 Å². The molecule has 6 rings (SSSR count). The zero-order valence-electron chi connectivity index (χ0n) is 22.0. The van der Waals surface area contributed by atoms with E-state index in [-0.39, 0.29) is 24.8 Å². The summed E-state index contributed by atoms with van der Waals surface area (Å²) in [5, 5.41) is 0. The van der Waals surface area contributed by atoms with Crippen LogP contribution in [-0.2, 0) is 23.2 Å². The van der Waals surface area contributed by atoms with Gasteiger partial charge in [-0.2, -0.15) is 0 Å². The first-order chi connectivity index (χ1) is 16.2. The van der Waals surface area contributed by atoms with E-state index in [9.17, 15) is 0 Å². The number of fused-ring (bicyclic) bond motifs is 2. The molecule has 0 spiro atoms. The minimum Gasteiger partial charge on any atom is -1.00 e. The summed E-state index contributed by atoms with van der Waals surface area (Å²) in [5.74, 6) is 3.74. The summed E-state index contributed by atoms with van der Waals surface area (Å²) in [4.78, 5) is 0. The Labute approximate surface area is 241 Å². The van der Waals surface area contributed by atoms with Crippen LogP contribution in [0.3, 0.4) is 0 Å². The quantitative estimate of drug-likeness (QED) is 0.363. The Bertz CT molecular complexity index is 775. The molecule has 5 heteroatoms. The van der Waals surface area contributed by atoms with Crippen molar-refractivity contribution in [1.29, 1.82) is 0 Å². The second kappa shape index (κ2) is 11.9. The Morgan fingerprint density at radius 1 is 0.629 bits per heavy atom. The van der Waals surface area contributed by atoms with Gasteiger partial charge in [-0.3, -0.25) is 0 Å². The van der Waals surface area contributed by atoms with Crippen LogP contribution in [0.4, 0.5) is 0 Å². The van der Waals surface area contributed by atoms with E-state index in [0.29, 0.717) is 0 Å². The van der Waals surface area contributed by atoms with Gasteiger partial charge in [0.05, 0.1) is 0 Å². The van der Waals surface area contributed by atoms with Gasteiger partial charge in [0, 0.05) is 0 Å². The van der Waals surface area contributed by atoms with E-state index in [1.54, 1.807) is 61.9 Å². The van der Waals surface area contributed by atoms with Crippen LogP contribution in [0.15, 0.2) is 48.6 Å². The molecule has 0 amide bonds. The van der Waals surface area contributed by atoms with Crippen molar-refractivity contribution in [2.45, 2.75) is 107 Å². The molecule has 4 fully saturated rings. The maximum Gasteiger partial charge on any atom is -1.00 e. The molecule has 0 aromatic carbocycles. The minimum absolute atomic E-state index is 0. The molecule has 8 atom stereocenters. The van der Waals surface area contributed by atoms with Crippen LogP contribution in [-0.4, -0.2) is 16.1 Å². The predicted molar refractivity (Wildman–Crippen MR) is 145 cm³/mol. The van der Waals surface area contributed by atoms with Gasteiger partial charge in [0.15, 0.2) is 0 Å². The predicted octanol–water partition coefficient (Wildman–Crippen LogP) is 3.44. The Hall–Kier alpha value is 0.857. The fraction of sp³-hybridized carbons (Fsp3) is 0.733. The summed E-state index contributed by atoms with van der Waals surface area (Å²) in [6.07, 6.45) is 29.7. The molecule has 192 valence electrons. The van der Waals surface area contributed by atoms with Crippen molar-refractivity contribution >= 4 is 16.1 Å². The van der Waals surface area contributed by atoms with Gasteiger partial charge >= 0.3 is 219 Å². The van der Waals surface area contributed by atoms with Gasteiger partial charge in [0.1, 0.15) is 0 Å².